The third-order valence-corrected chi connectivity index (χ3v) is 1.09. The van der Waals surface area contributed by atoms with Crippen molar-refractivity contribution < 1.29 is 0 Å². The van der Waals surface area contributed by atoms with Crippen LogP contribution in [0, 0.1) is 0 Å². The molecule has 0 atom stereocenters. The van der Waals surface area contributed by atoms with Crippen LogP contribution in [-0.2, 0) is 0 Å². The molecule has 9 heavy (non-hydrogen) atoms. The van der Waals surface area contributed by atoms with E-state index in [2.05, 4.69) is 11.6 Å². The molecule has 0 aliphatic rings. The second-order valence-electron chi connectivity index (χ2n) is 2.00. The molecule has 0 amide bonds. The fourth-order valence-electron chi connectivity index (χ4n) is 0.297. The van der Waals surface area contributed by atoms with Gasteiger partial charge in [0.25, 0.3) is 0 Å². The van der Waals surface area contributed by atoms with Crippen molar-refractivity contribution in [3.05, 3.63) is 23.9 Å². The van der Waals surface area contributed by atoms with Crippen molar-refractivity contribution >= 4 is 6.21 Å². The first kappa shape index (κ1) is 8.15. The van der Waals surface area contributed by atoms with Crippen molar-refractivity contribution in [2.24, 2.45) is 4.99 Å². The second-order valence-corrected chi connectivity index (χ2v) is 2.00. The smallest absolute Gasteiger partial charge is 0.0295 e. The van der Waals surface area contributed by atoms with Gasteiger partial charge in [-0.1, -0.05) is 12.2 Å². The van der Waals surface area contributed by atoms with E-state index in [0.29, 0.717) is 0 Å². The standard InChI is InChI=1S/C8H13N/c1-5-9-6-8(4)7(2)3/h5-6H,2H2,1,3-4H3/b8-6+,9-5?. The van der Waals surface area contributed by atoms with E-state index in [-0.39, 0.29) is 0 Å². The maximum Gasteiger partial charge on any atom is 0.0295 e. The largest absolute Gasteiger partial charge is 0.269 e. The summed E-state index contributed by atoms with van der Waals surface area (Å²) in [5.41, 5.74) is 2.20. The molecule has 0 aromatic rings. The molecule has 0 aromatic carbocycles. The van der Waals surface area contributed by atoms with Gasteiger partial charge in [-0.05, 0) is 26.3 Å². The van der Waals surface area contributed by atoms with Crippen LogP contribution in [0.5, 0.6) is 0 Å². The Kier molecular flexibility index (Phi) is 3.69. The number of aliphatic imine (C=N–C) groups is 1. The lowest BCUT2D eigenvalue weighted by molar-refractivity contribution is 1.32. The van der Waals surface area contributed by atoms with Crippen LogP contribution in [0.3, 0.4) is 0 Å². The highest BCUT2D eigenvalue weighted by Gasteiger charge is 1.83. The highest BCUT2D eigenvalue weighted by atomic mass is 14.7. The molecule has 0 spiro atoms. The van der Waals surface area contributed by atoms with Gasteiger partial charge in [0.1, 0.15) is 0 Å². The summed E-state index contributed by atoms with van der Waals surface area (Å²) in [6.45, 7) is 9.62. The molecule has 0 rings (SSSR count). The van der Waals surface area contributed by atoms with E-state index in [1.54, 1.807) is 6.21 Å². The molecular weight excluding hydrogens is 110 g/mol. The molecule has 0 aliphatic carbocycles. The highest BCUT2D eigenvalue weighted by Crippen LogP contribution is 2.03. The SMILES string of the molecule is C=C(C)/C(C)=C/N=CC. The number of hydrogen-bond donors (Lipinski definition) is 0. The van der Waals surface area contributed by atoms with Crippen molar-refractivity contribution in [2.75, 3.05) is 0 Å². The van der Waals surface area contributed by atoms with Crippen LogP contribution in [0.4, 0.5) is 0 Å². The molecule has 0 unspecified atom stereocenters. The average molecular weight is 123 g/mol. The summed E-state index contributed by atoms with van der Waals surface area (Å²) in [5, 5.41) is 0. The summed E-state index contributed by atoms with van der Waals surface area (Å²) in [5.74, 6) is 0. The summed E-state index contributed by atoms with van der Waals surface area (Å²) in [6.07, 6.45) is 3.56. The molecule has 1 nitrogen and oxygen atoms in total. The molecule has 0 saturated carbocycles. The van der Waals surface area contributed by atoms with Gasteiger partial charge in [0.15, 0.2) is 0 Å². The maximum absolute atomic E-state index is 3.95. The van der Waals surface area contributed by atoms with Crippen LogP contribution in [0.25, 0.3) is 0 Å². The van der Waals surface area contributed by atoms with Gasteiger partial charge < -0.3 is 0 Å². The van der Waals surface area contributed by atoms with Gasteiger partial charge in [-0.2, -0.15) is 0 Å². The summed E-state index contributed by atoms with van der Waals surface area (Å²) in [6, 6.07) is 0. The first-order valence-corrected chi connectivity index (χ1v) is 2.99. The van der Waals surface area contributed by atoms with Gasteiger partial charge in [0, 0.05) is 12.4 Å². The molecule has 0 saturated heterocycles. The van der Waals surface area contributed by atoms with Crippen molar-refractivity contribution in [3.8, 4) is 0 Å². The molecule has 0 fully saturated rings. The third-order valence-electron chi connectivity index (χ3n) is 1.09. The number of rotatable bonds is 2. The minimum Gasteiger partial charge on any atom is -0.269 e. The van der Waals surface area contributed by atoms with E-state index < -0.39 is 0 Å². The third kappa shape index (κ3) is 3.71. The second kappa shape index (κ2) is 4.07. The van der Waals surface area contributed by atoms with Crippen LogP contribution in [0.15, 0.2) is 28.9 Å². The van der Waals surface area contributed by atoms with Gasteiger partial charge in [0.2, 0.25) is 0 Å². The molecule has 0 aliphatic heterocycles. The Hall–Kier alpha value is -0.850. The van der Waals surface area contributed by atoms with Crippen LogP contribution < -0.4 is 0 Å². The number of hydrogen-bond acceptors (Lipinski definition) is 1. The normalized spacial score (nSPS) is 12.6. The lowest BCUT2D eigenvalue weighted by Crippen LogP contribution is -1.73. The van der Waals surface area contributed by atoms with Crippen LogP contribution in [0.1, 0.15) is 20.8 Å². The fourth-order valence-corrected chi connectivity index (χ4v) is 0.297. The van der Waals surface area contributed by atoms with E-state index in [4.69, 9.17) is 0 Å². The summed E-state index contributed by atoms with van der Waals surface area (Å²) >= 11 is 0. The van der Waals surface area contributed by atoms with E-state index >= 15 is 0 Å². The molecular formula is C8H13N. The zero-order valence-corrected chi connectivity index (χ0v) is 6.31. The van der Waals surface area contributed by atoms with Crippen molar-refractivity contribution in [1.82, 2.24) is 0 Å². The number of allylic oxidation sites excluding steroid dienone is 2. The van der Waals surface area contributed by atoms with E-state index in [1.165, 1.54) is 0 Å². The Bertz CT molecular complexity index is 152. The predicted molar refractivity (Wildman–Crippen MR) is 42.7 cm³/mol. The minimum absolute atomic E-state index is 1.07. The Morgan fingerprint density at radius 1 is 1.44 bits per heavy atom. The van der Waals surface area contributed by atoms with E-state index in [0.717, 1.165) is 11.1 Å². The molecule has 0 N–H and O–H groups in total. The molecule has 0 bridgehead atoms. The van der Waals surface area contributed by atoms with Crippen LogP contribution in [-0.4, -0.2) is 6.21 Å². The molecule has 1 heteroatoms. The molecule has 0 aromatic heterocycles. The van der Waals surface area contributed by atoms with Crippen molar-refractivity contribution in [3.63, 3.8) is 0 Å². The van der Waals surface area contributed by atoms with Gasteiger partial charge in [-0.25, -0.2) is 0 Å². The lowest BCUT2D eigenvalue weighted by atomic mass is 10.2. The topological polar surface area (TPSA) is 12.4 Å². The first-order chi connectivity index (χ1) is 4.18. The highest BCUT2D eigenvalue weighted by molar-refractivity contribution is 5.54. The Morgan fingerprint density at radius 2 is 2.00 bits per heavy atom. The zero-order chi connectivity index (χ0) is 7.28. The number of nitrogens with zero attached hydrogens (tertiary/aromatic N) is 1. The minimum atomic E-state index is 1.07. The van der Waals surface area contributed by atoms with Crippen LogP contribution in [0.2, 0.25) is 0 Å². The zero-order valence-electron chi connectivity index (χ0n) is 6.31. The molecule has 0 radical (unpaired) electrons. The summed E-state index contributed by atoms with van der Waals surface area (Å²) < 4.78 is 0. The molecule has 50 valence electrons. The predicted octanol–water partition coefficient (Wildman–Crippen LogP) is 2.56. The Morgan fingerprint density at radius 3 is 2.33 bits per heavy atom. The lowest BCUT2D eigenvalue weighted by Gasteiger charge is -1.92. The van der Waals surface area contributed by atoms with Gasteiger partial charge >= 0.3 is 0 Å². The molecule has 0 heterocycles. The van der Waals surface area contributed by atoms with Gasteiger partial charge in [-0.15, -0.1) is 0 Å². The quantitative estimate of drug-likeness (QED) is 0.395. The van der Waals surface area contributed by atoms with Crippen molar-refractivity contribution in [2.45, 2.75) is 20.8 Å². The van der Waals surface area contributed by atoms with E-state index in [9.17, 15) is 0 Å². The van der Waals surface area contributed by atoms with E-state index in [1.807, 2.05) is 27.0 Å². The van der Waals surface area contributed by atoms with Crippen molar-refractivity contribution in [1.29, 1.82) is 0 Å². The fraction of sp³-hybridized carbons (Fsp3) is 0.375. The van der Waals surface area contributed by atoms with Crippen LogP contribution >= 0.6 is 0 Å². The average Bonchev–Trinajstić information content (AvgIpc) is 1.82. The first-order valence-electron chi connectivity index (χ1n) is 2.99. The van der Waals surface area contributed by atoms with Gasteiger partial charge in [0.05, 0.1) is 0 Å². The monoisotopic (exact) mass is 123 g/mol. The Labute approximate surface area is 56.8 Å². The Balaban J connectivity index is 4.00. The summed E-state index contributed by atoms with van der Waals surface area (Å²) in [4.78, 5) is 3.95. The van der Waals surface area contributed by atoms with Gasteiger partial charge in [-0.3, -0.25) is 4.99 Å². The maximum atomic E-state index is 3.95. The summed E-state index contributed by atoms with van der Waals surface area (Å²) in [7, 11) is 0.